The van der Waals surface area contributed by atoms with Crippen LogP contribution in [0.4, 0.5) is 5.69 Å². The molecule has 1 N–H and O–H groups in total. The zero-order valence-corrected chi connectivity index (χ0v) is 11.4. The number of benzene rings is 1. The highest BCUT2D eigenvalue weighted by molar-refractivity contribution is 6.03. The number of esters is 1. The number of aromatic nitrogens is 2. The molecule has 5 heteroatoms. The van der Waals surface area contributed by atoms with Crippen molar-refractivity contribution in [3.8, 4) is 11.8 Å². The third-order valence-corrected chi connectivity index (χ3v) is 2.67. The molecule has 1 aromatic heterocycles. The van der Waals surface area contributed by atoms with Gasteiger partial charge in [0.1, 0.15) is 0 Å². The lowest BCUT2D eigenvalue weighted by molar-refractivity contribution is 0.0519. The van der Waals surface area contributed by atoms with Crippen LogP contribution in [0, 0.1) is 11.8 Å². The summed E-state index contributed by atoms with van der Waals surface area (Å²) in [6.45, 7) is 4.24. The van der Waals surface area contributed by atoms with E-state index in [1.165, 1.54) is 0 Å². The van der Waals surface area contributed by atoms with E-state index in [-0.39, 0.29) is 5.69 Å². The van der Waals surface area contributed by atoms with Gasteiger partial charge in [-0.2, -0.15) is 0 Å². The second-order valence-corrected chi connectivity index (χ2v) is 3.94. The van der Waals surface area contributed by atoms with E-state index in [1.54, 1.807) is 13.8 Å². The summed E-state index contributed by atoms with van der Waals surface area (Å²) in [6.07, 6.45) is 0. The molecule has 0 atom stereocenters. The molecule has 0 saturated carbocycles. The van der Waals surface area contributed by atoms with Crippen molar-refractivity contribution in [2.24, 2.45) is 0 Å². The number of carbonyl (C=O) groups is 1. The monoisotopic (exact) mass is 269 g/mol. The van der Waals surface area contributed by atoms with Crippen molar-refractivity contribution in [1.82, 2.24) is 10.2 Å². The smallest absolute Gasteiger partial charge is 0.361 e. The minimum atomic E-state index is -0.488. The number of rotatable bonds is 4. The minimum Gasteiger partial charge on any atom is -0.461 e. The summed E-state index contributed by atoms with van der Waals surface area (Å²) in [5.74, 6) is 5.21. The molecule has 0 radical (unpaired) electrons. The third-order valence-electron chi connectivity index (χ3n) is 2.67. The number of hydrogen-bond acceptors (Lipinski definition) is 5. The molecule has 20 heavy (non-hydrogen) atoms. The summed E-state index contributed by atoms with van der Waals surface area (Å²) in [5.41, 5.74) is 1.51. The SMILES string of the molecule is CC#CCNc1c(C(=O)OCC)nnc2ccccc12. The molecule has 2 aromatic rings. The van der Waals surface area contributed by atoms with Gasteiger partial charge in [0.25, 0.3) is 0 Å². The molecule has 2 rings (SSSR count). The fraction of sp³-hybridized carbons (Fsp3) is 0.267. The van der Waals surface area contributed by atoms with E-state index in [0.717, 1.165) is 5.39 Å². The molecule has 0 aliphatic carbocycles. The zero-order valence-electron chi connectivity index (χ0n) is 11.4. The molecule has 102 valence electrons. The molecule has 1 heterocycles. The summed E-state index contributed by atoms with van der Waals surface area (Å²) in [4.78, 5) is 11.9. The predicted octanol–water partition coefficient (Wildman–Crippen LogP) is 2.24. The van der Waals surface area contributed by atoms with Crippen molar-refractivity contribution in [2.75, 3.05) is 18.5 Å². The van der Waals surface area contributed by atoms with Crippen LogP contribution in [0.3, 0.4) is 0 Å². The van der Waals surface area contributed by atoms with Crippen LogP contribution in [0.5, 0.6) is 0 Å². The Kier molecular flexibility index (Phi) is 4.51. The predicted molar refractivity (Wildman–Crippen MR) is 77.4 cm³/mol. The lowest BCUT2D eigenvalue weighted by atomic mass is 10.1. The average Bonchev–Trinajstić information content (AvgIpc) is 2.47. The maximum Gasteiger partial charge on any atom is 0.361 e. The van der Waals surface area contributed by atoms with E-state index < -0.39 is 5.97 Å². The lowest BCUT2D eigenvalue weighted by Crippen LogP contribution is -2.13. The first-order valence-corrected chi connectivity index (χ1v) is 6.34. The topological polar surface area (TPSA) is 64.1 Å². The van der Waals surface area contributed by atoms with Gasteiger partial charge in [0.2, 0.25) is 0 Å². The number of anilines is 1. The Balaban J connectivity index is 2.51. The Morgan fingerprint density at radius 3 is 2.90 bits per heavy atom. The average molecular weight is 269 g/mol. The van der Waals surface area contributed by atoms with Crippen LogP contribution in [-0.2, 0) is 4.74 Å². The molecule has 0 fully saturated rings. The standard InChI is InChI=1S/C15H15N3O2/c1-3-5-10-16-13-11-8-6-7-9-12(11)17-18-14(13)15(19)20-4-2/h6-9H,4,10H2,1-2H3,(H,16,17). The van der Waals surface area contributed by atoms with Crippen molar-refractivity contribution in [3.63, 3.8) is 0 Å². The van der Waals surface area contributed by atoms with Crippen LogP contribution in [0.25, 0.3) is 10.9 Å². The number of nitrogens with zero attached hydrogens (tertiary/aromatic N) is 2. The first-order valence-electron chi connectivity index (χ1n) is 6.34. The maximum absolute atomic E-state index is 11.9. The fourth-order valence-corrected chi connectivity index (χ4v) is 1.80. The fourth-order valence-electron chi connectivity index (χ4n) is 1.80. The van der Waals surface area contributed by atoms with Gasteiger partial charge in [-0.3, -0.25) is 0 Å². The quantitative estimate of drug-likeness (QED) is 0.681. The first-order chi connectivity index (χ1) is 9.77. The molecule has 5 nitrogen and oxygen atoms in total. The van der Waals surface area contributed by atoms with Gasteiger partial charge in [-0.1, -0.05) is 24.1 Å². The number of hydrogen-bond donors (Lipinski definition) is 1. The van der Waals surface area contributed by atoms with E-state index in [0.29, 0.717) is 24.4 Å². The second-order valence-electron chi connectivity index (χ2n) is 3.94. The third kappa shape index (κ3) is 2.86. The van der Waals surface area contributed by atoms with Gasteiger partial charge in [-0.25, -0.2) is 4.79 Å². The molecular formula is C15H15N3O2. The number of ether oxygens (including phenoxy) is 1. The Hall–Kier alpha value is -2.61. The van der Waals surface area contributed by atoms with Crippen molar-refractivity contribution >= 4 is 22.6 Å². The van der Waals surface area contributed by atoms with Crippen molar-refractivity contribution in [3.05, 3.63) is 30.0 Å². The van der Waals surface area contributed by atoms with E-state index in [9.17, 15) is 4.79 Å². The van der Waals surface area contributed by atoms with Crippen LogP contribution >= 0.6 is 0 Å². The van der Waals surface area contributed by atoms with E-state index in [4.69, 9.17) is 4.74 Å². The van der Waals surface area contributed by atoms with Crippen molar-refractivity contribution in [1.29, 1.82) is 0 Å². The van der Waals surface area contributed by atoms with Crippen LogP contribution in [-0.4, -0.2) is 29.3 Å². The summed E-state index contributed by atoms with van der Waals surface area (Å²) in [7, 11) is 0. The van der Waals surface area contributed by atoms with Gasteiger partial charge in [0.15, 0.2) is 5.69 Å². The Morgan fingerprint density at radius 2 is 2.15 bits per heavy atom. The van der Waals surface area contributed by atoms with Gasteiger partial charge < -0.3 is 10.1 Å². The van der Waals surface area contributed by atoms with Gasteiger partial charge in [-0.05, 0) is 19.9 Å². The number of carbonyl (C=O) groups excluding carboxylic acids is 1. The largest absolute Gasteiger partial charge is 0.461 e. The molecule has 0 bridgehead atoms. The van der Waals surface area contributed by atoms with Gasteiger partial charge >= 0.3 is 5.97 Å². The summed E-state index contributed by atoms with van der Waals surface area (Å²) in [5, 5.41) is 12.0. The molecular weight excluding hydrogens is 254 g/mol. The van der Waals surface area contributed by atoms with Crippen LogP contribution < -0.4 is 5.32 Å². The number of fused-ring (bicyclic) bond motifs is 1. The zero-order chi connectivity index (χ0) is 14.4. The highest BCUT2D eigenvalue weighted by Crippen LogP contribution is 2.24. The molecule has 0 spiro atoms. The second kappa shape index (κ2) is 6.53. The molecule has 0 amide bonds. The molecule has 0 aliphatic rings. The van der Waals surface area contributed by atoms with E-state index in [1.807, 2.05) is 24.3 Å². The van der Waals surface area contributed by atoms with Crippen LogP contribution in [0.15, 0.2) is 24.3 Å². The summed E-state index contributed by atoms with van der Waals surface area (Å²) >= 11 is 0. The Morgan fingerprint density at radius 1 is 1.35 bits per heavy atom. The lowest BCUT2D eigenvalue weighted by Gasteiger charge is -2.10. The summed E-state index contributed by atoms with van der Waals surface area (Å²) in [6, 6.07) is 7.48. The molecule has 1 aromatic carbocycles. The minimum absolute atomic E-state index is 0.184. The van der Waals surface area contributed by atoms with Crippen LogP contribution in [0.1, 0.15) is 24.3 Å². The highest BCUT2D eigenvalue weighted by Gasteiger charge is 2.17. The van der Waals surface area contributed by atoms with E-state index in [2.05, 4.69) is 27.4 Å². The van der Waals surface area contributed by atoms with Crippen molar-refractivity contribution in [2.45, 2.75) is 13.8 Å². The molecule has 0 aliphatic heterocycles. The van der Waals surface area contributed by atoms with E-state index >= 15 is 0 Å². The maximum atomic E-state index is 11.9. The molecule has 0 saturated heterocycles. The number of nitrogens with one attached hydrogen (secondary N) is 1. The van der Waals surface area contributed by atoms with Gasteiger partial charge in [0, 0.05) is 5.39 Å². The van der Waals surface area contributed by atoms with Crippen molar-refractivity contribution < 1.29 is 9.53 Å². The van der Waals surface area contributed by atoms with Gasteiger partial charge in [-0.15, -0.1) is 16.1 Å². The molecule has 0 unspecified atom stereocenters. The van der Waals surface area contributed by atoms with Gasteiger partial charge in [0.05, 0.1) is 24.4 Å². The highest BCUT2D eigenvalue weighted by atomic mass is 16.5. The summed E-state index contributed by atoms with van der Waals surface area (Å²) < 4.78 is 5.01. The first kappa shape index (κ1) is 13.8. The normalized spacial score (nSPS) is 9.70. The Bertz CT molecular complexity index is 686. The Labute approximate surface area is 117 Å². The van der Waals surface area contributed by atoms with Crippen LogP contribution in [0.2, 0.25) is 0 Å².